The average Bonchev–Trinajstić information content (AvgIpc) is 2.70. The molecule has 2 atom stereocenters. The summed E-state index contributed by atoms with van der Waals surface area (Å²) >= 11 is 0. The number of nitriles is 1. The van der Waals surface area contributed by atoms with Crippen molar-refractivity contribution in [2.45, 2.75) is 57.2 Å². The lowest BCUT2D eigenvalue weighted by molar-refractivity contribution is 0.422. The molecule has 0 radical (unpaired) electrons. The van der Waals surface area contributed by atoms with Crippen LogP contribution in [0.3, 0.4) is 0 Å². The summed E-state index contributed by atoms with van der Waals surface area (Å²) in [6.07, 6.45) is 4.89. The topological polar surface area (TPSA) is 70.0 Å². The summed E-state index contributed by atoms with van der Waals surface area (Å²) in [7, 11) is -3.47. The molecule has 0 amide bonds. The number of sulfonamides is 1. The van der Waals surface area contributed by atoms with Crippen molar-refractivity contribution in [2.75, 3.05) is 0 Å². The number of nitrogens with zero attached hydrogens (tertiary/aromatic N) is 1. The molecule has 1 fully saturated rings. The van der Waals surface area contributed by atoms with Gasteiger partial charge in [-0.1, -0.05) is 19.8 Å². The zero-order chi connectivity index (χ0) is 12.2. The van der Waals surface area contributed by atoms with Gasteiger partial charge in [0.05, 0.1) is 6.07 Å². The molecule has 0 aromatic carbocycles. The van der Waals surface area contributed by atoms with E-state index in [-0.39, 0.29) is 6.04 Å². The van der Waals surface area contributed by atoms with Crippen molar-refractivity contribution in [3.63, 3.8) is 0 Å². The van der Waals surface area contributed by atoms with Gasteiger partial charge in [-0.2, -0.15) is 5.26 Å². The molecule has 0 spiro atoms. The van der Waals surface area contributed by atoms with Gasteiger partial charge in [-0.25, -0.2) is 13.1 Å². The molecule has 92 valence electrons. The van der Waals surface area contributed by atoms with Crippen LogP contribution in [-0.4, -0.2) is 19.7 Å². The standard InChI is InChI=1S/C11H20N2O2S/c1-3-11(8-12)16(14,15)13-9(2)10-6-4-5-7-10/h9-11,13H,3-7H2,1-2H3. The highest BCUT2D eigenvalue weighted by Gasteiger charge is 2.29. The summed E-state index contributed by atoms with van der Waals surface area (Å²) < 4.78 is 26.3. The fourth-order valence-corrected chi connectivity index (χ4v) is 3.73. The predicted molar refractivity (Wildman–Crippen MR) is 63.2 cm³/mol. The van der Waals surface area contributed by atoms with Gasteiger partial charge < -0.3 is 0 Å². The molecule has 4 nitrogen and oxygen atoms in total. The summed E-state index contributed by atoms with van der Waals surface area (Å²) in [5.74, 6) is 0.436. The molecule has 2 unspecified atom stereocenters. The minimum atomic E-state index is -3.47. The van der Waals surface area contributed by atoms with Gasteiger partial charge in [0, 0.05) is 6.04 Å². The van der Waals surface area contributed by atoms with Gasteiger partial charge in [0.1, 0.15) is 0 Å². The van der Waals surface area contributed by atoms with Gasteiger partial charge in [0.15, 0.2) is 5.25 Å². The van der Waals surface area contributed by atoms with Crippen molar-refractivity contribution in [2.24, 2.45) is 5.92 Å². The lowest BCUT2D eigenvalue weighted by atomic mass is 10.0. The molecular weight excluding hydrogens is 224 g/mol. The van der Waals surface area contributed by atoms with Crippen LogP contribution in [0.2, 0.25) is 0 Å². The number of hydrogen-bond donors (Lipinski definition) is 1. The second kappa shape index (κ2) is 5.65. The Kier molecular flexibility index (Phi) is 4.75. The normalized spacial score (nSPS) is 21.6. The maximum absolute atomic E-state index is 11.8. The Morgan fingerprint density at radius 2 is 2.00 bits per heavy atom. The quantitative estimate of drug-likeness (QED) is 0.801. The molecule has 1 aliphatic rings. The zero-order valence-electron chi connectivity index (χ0n) is 9.94. The van der Waals surface area contributed by atoms with Crippen molar-refractivity contribution in [3.05, 3.63) is 0 Å². The van der Waals surface area contributed by atoms with Crippen molar-refractivity contribution >= 4 is 10.0 Å². The maximum Gasteiger partial charge on any atom is 0.228 e. The van der Waals surface area contributed by atoms with Crippen LogP contribution in [0.1, 0.15) is 46.0 Å². The second-order valence-corrected chi connectivity index (χ2v) is 6.42. The van der Waals surface area contributed by atoms with Crippen molar-refractivity contribution in [3.8, 4) is 6.07 Å². The van der Waals surface area contributed by atoms with Gasteiger partial charge in [-0.3, -0.25) is 0 Å². The van der Waals surface area contributed by atoms with Gasteiger partial charge in [0.25, 0.3) is 0 Å². The summed E-state index contributed by atoms with van der Waals surface area (Å²) in [5, 5.41) is 7.85. The first-order valence-electron chi connectivity index (χ1n) is 5.92. The van der Waals surface area contributed by atoms with E-state index in [0.29, 0.717) is 12.3 Å². The molecule has 1 saturated carbocycles. The molecule has 0 aromatic heterocycles. The fourth-order valence-electron chi connectivity index (χ4n) is 2.27. The van der Waals surface area contributed by atoms with E-state index in [0.717, 1.165) is 12.8 Å². The third-order valence-corrected chi connectivity index (χ3v) is 5.23. The Balaban J connectivity index is 2.61. The second-order valence-electron chi connectivity index (χ2n) is 4.52. The van der Waals surface area contributed by atoms with Crippen molar-refractivity contribution < 1.29 is 8.42 Å². The molecule has 1 rings (SSSR count). The fraction of sp³-hybridized carbons (Fsp3) is 0.909. The highest BCUT2D eigenvalue weighted by Crippen LogP contribution is 2.28. The van der Waals surface area contributed by atoms with E-state index in [1.807, 2.05) is 13.0 Å². The SMILES string of the molecule is CCC(C#N)S(=O)(=O)NC(C)C1CCCC1. The monoisotopic (exact) mass is 244 g/mol. The predicted octanol–water partition coefficient (Wildman–Crippen LogP) is 1.79. The largest absolute Gasteiger partial charge is 0.228 e. The van der Waals surface area contributed by atoms with Crippen LogP contribution in [0.15, 0.2) is 0 Å². The molecule has 1 aliphatic carbocycles. The zero-order valence-corrected chi connectivity index (χ0v) is 10.8. The van der Waals surface area contributed by atoms with E-state index in [4.69, 9.17) is 5.26 Å². The highest BCUT2D eigenvalue weighted by atomic mass is 32.2. The Bertz CT molecular complexity index is 353. The summed E-state index contributed by atoms with van der Waals surface area (Å²) in [6, 6.07) is 1.79. The first kappa shape index (κ1) is 13.5. The van der Waals surface area contributed by atoms with Crippen LogP contribution in [0, 0.1) is 17.2 Å². The maximum atomic E-state index is 11.8. The van der Waals surface area contributed by atoms with Gasteiger partial charge in [-0.05, 0) is 32.1 Å². The Hall–Kier alpha value is -0.600. The van der Waals surface area contributed by atoms with Crippen LogP contribution in [0.5, 0.6) is 0 Å². The van der Waals surface area contributed by atoms with Crippen LogP contribution in [0.4, 0.5) is 0 Å². The van der Waals surface area contributed by atoms with Gasteiger partial charge >= 0.3 is 0 Å². The Morgan fingerprint density at radius 1 is 1.44 bits per heavy atom. The average molecular weight is 244 g/mol. The van der Waals surface area contributed by atoms with E-state index in [1.54, 1.807) is 6.92 Å². The van der Waals surface area contributed by atoms with Crippen LogP contribution >= 0.6 is 0 Å². The summed E-state index contributed by atoms with van der Waals surface area (Å²) in [5.41, 5.74) is 0. The van der Waals surface area contributed by atoms with E-state index in [2.05, 4.69) is 4.72 Å². The molecule has 0 heterocycles. The number of hydrogen-bond acceptors (Lipinski definition) is 3. The summed E-state index contributed by atoms with van der Waals surface area (Å²) in [6.45, 7) is 3.62. The molecule has 0 bridgehead atoms. The Morgan fingerprint density at radius 3 is 2.44 bits per heavy atom. The smallest absolute Gasteiger partial charge is 0.211 e. The Labute approximate surface area is 98.1 Å². The minimum absolute atomic E-state index is 0.0464. The highest BCUT2D eigenvalue weighted by molar-refractivity contribution is 7.90. The van der Waals surface area contributed by atoms with E-state index in [1.165, 1.54) is 12.8 Å². The first-order valence-corrected chi connectivity index (χ1v) is 7.46. The molecule has 0 aromatic rings. The van der Waals surface area contributed by atoms with E-state index in [9.17, 15) is 8.42 Å². The lowest BCUT2D eigenvalue weighted by Gasteiger charge is -2.21. The van der Waals surface area contributed by atoms with Crippen molar-refractivity contribution in [1.82, 2.24) is 4.72 Å². The van der Waals surface area contributed by atoms with Gasteiger partial charge in [-0.15, -0.1) is 0 Å². The number of rotatable bonds is 5. The van der Waals surface area contributed by atoms with Crippen LogP contribution in [0.25, 0.3) is 0 Å². The van der Waals surface area contributed by atoms with Crippen LogP contribution in [-0.2, 0) is 10.0 Å². The molecule has 1 N–H and O–H groups in total. The van der Waals surface area contributed by atoms with Crippen molar-refractivity contribution in [1.29, 1.82) is 5.26 Å². The van der Waals surface area contributed by atoms with Gasteiger partial charge in [0.2, 0.25) is 10.0 Å². The minimum Gasteiger partial charge on any atom is -0.211 e. The van der Waals surface area contributed by atoms with E-state index < -0.39 is 15.3 Å². The lowest BCUT2D eigenvalue weighted by Crippen LogP contribution is -2.42. The molecule has 0 aliphatic heterocycles. The molecule has 16 heavy (non-hydrogen) atoms. The third kappa shape index (κ3) is 3.19. The first-order chi connectivity index (χ1) is 7.51. The molecule has 5 heteroatoms. The third-order valence-electron chi connectivity index (χ3n) is 3.35. The molecule has 0 saturated heterocycles. The summed E-state index contributed by atoms with van der Waals surface area (Å²) in [4.78, 5) is 0. The number of nitrogens with one attached hydrogen (secondary N) is 1. The van der Waals surface area contributed by atoms with Crippen LogP contribution < -0.4 is 4.72 Å². The van der Waals surface area contributed by atoms with E-state index >= 15 is 0 Å². The molecular formula is C11H20N2O2S.